The maximum absolute atomic E-state index is 11.9. The average Bonchev–Trinajstić information content (AvgIpc) is 2.79. The normalized spacial score (nSPS) is 19.0. The molecule has 0 aliphatic carbocycles. The molecule has 1 aromatic rings. The highest BCUT2D eigenvalue weighted by Gasteiger charge is 2.29. The molecule has 1 aromatic heterocycles. The van der Waals surface area contributed by atoms with Crippen LogP contribution in [0.15, 0.2) is 12.4 Å². The number of hydrogen-bond donors (Lipinski definition) is 1. The fourth-order valence-electron chi connectivity index (χ4n) is 1.97. The molecule has 0 aromatic carbocycles. The Hall–Kier alpha value is -1.56. The van der Waals surface area contributed by atoms with Crippen LogP contribution in [0.2, 0.25) is 5.15 Å². The lowest BCUT2D eigenvalue weighted by Gasteiger charge is -2.24. The highest BCUT2D eigenvalue weighted by molar-refractivity contribution is 6.29. The maximum Gasteiger partial charge on any atom is 0.410 e. The van der Waals surface area contributed by atoms with Gasteiger partial charge in [-0.3, -0.25) is 0 Å². The van der Waals surface area contributed by atoms with E-state index in [2.05, 4.69) is 15.3 Å². The molecule has 1 N–H and O–H groups in total. The number of amides is 1. The van der Waals surface area contributed by atoms with Gasteiger partial charge in [-0.25, -0.2) is 14.8 Å². The van der Waals surface area contributed by atoms with E-state index in [1.165, 1.54) is 6.20 Å². The van der Waals surface area contributed by atoms with Gasteiger partial charge in [0.1, 0.15) is 16.6 Å². The molecule has 1 unspecified atom stereocenters. The molecular formula is C13H19ClN4O2. The third-order valence-electron chi connectivity index (χ3n) is 2.81. The molecule has 7 heteroatoms. The summed E-state index contributed by atoms with van der Waals surface area (Å²) < 4.78 is 5.35. The van der Waals surface area contributed by atoms with Gasteiger partial charge < -0.3 is 15.0 Å². The summed E-state index contributed by atoms with van der Waals surface area (Å²) in [6.45, 7) is 6.85. The first kappa shape index (κ1) is 14.8. The SMILES string of the molecule is CC(C)(C)OC(=O)N1CCC(Nc2cnc(Cl)cn2)C1. The number of nitrogens with zero attached hydrogens (tertiary/aromatic N) is 3. The molecule has 1 atom stereocenters. The predicted molar refractivity (Wildman–Crippen MR) is 76.9 cm³/mol. The molecule has 0 bridgehead atoms. The van der Waals surface area contributed by atoms with Gasteiger partial charge in [0.05, 0.1) is 12.4 Å². The molecule has 1 saturated heterocycles. The number of aromatic nitrogens is 2. The standard InChI is InChI=1S/C13H19ClN4O2/c1-13(2,3)20-12(19)18-5-4-9(8-18)17-11-7-15-10(14)6-16-11/h6-7,9H,4-5,8H2,1-3H3,(H,16,17). The average molecular weight is 299 g/mol. The van der Waals surface area contributed by atoms with Crippen LogP contribution in [-0.2, 0) is 4.74 Å². The van der Waals surface area contributed by atoms with Gasteiger partial charge in [-0.1, -0.05) is 11.6 Å². The van der Waals surface area contributed by atoms with Gasteiger partial charge in [0.25, 0.3) is 0 Å². The van der Waals surface area contributed by atoms with Crippen LogP contribution in [0, 0.1) is 0 Å². The lowest BCUT2D eigenvalue weighted by molar-refractivity contribution is 0.0293. The molecule has 0 spiro atoms. The largest absolute Gasteiger partial charge is 0.444 e. The van der Waals surface area contributed by atoms with E-state index >= 15 is 0 Å². The minimum Gasteiger partial charge on any atom is -0.444 e. The second-order valence-corrected chi connectivity index (χ2v) is 6.17. The van der Waals surface area contributed by atoms with Crippen LogP contribution in [-0.4, -0.2) is 45.7 Å². The third-order valence-corrected chi connectivity index (χ3v) is 3.01. The van der Waals surface area contributed by atoms with Gasteiger partial charge in [-0.15, -0.1) is 0 Å². The van der Waals surface area contributed by atoms with Crippen molar-refractivity contribution < 1.29 is 9.53 Å². The van der Waals surface area contributed by atoms with Gasteiger partial charge in [-0.2, -0.15) is 0 Å². The number of hydrogen-bond acceptors (Lipinski definition) is 5. The first-order valence-electron chi connectivity index (χ1n) is 6.55. The zero-order valence-electron chi connectivity index (χ0n) is 11.9. The van der Waals surface area contributed by atoms with Gasteiger partial charge in [0, 0.05) is 19.1 Å². The zero-order chi connectivity index (χ0) is 14.8. The Morgan fingerprint density at radius 3 is 2.80 bits per heavy atom. The predicted octanol–water partition coefficient (Wildman–Crippen LogP) is 2.55. The number of carbonyl (C=O) groups excluding carboxylic acids is 1. The van der Waals surface area contributed by atoms with E-state index in [9.17, 15) is 4.79 Å². The van der Waals surface area contributed by atoms with E-state index in [1.807, 2.05) is 20.8 Å². The highest BCUT2D eigenvalue weighted by Crippen LogP contribution is 2.17. The Kier molecular flexibility index (Phi) is 4.32. The van der Waals surface area contributed by atoms with E-state index in [1.54, 1.807) is 11.1 Å². The van der Waals surface area contributed by atoms with Gasteiger partial charge in [0.15, 0.2) is 0 Å². The van der Waals surface area contributed by atoms with Crippen molar-refractivity contribution in [1.82, 2.24) is 14.9 Å². The summed E-state index contributed by atoms with van der Waals surface area (Å²) in [5.74, 6) is 0.658. The summed E-state index contributed by atoms with van der Waals surface area (Å²) in [7, 11) is 0. The fourth-order valence-corrected chi connectivity index (χ4v) is 2.06. The second-order valence-electron chi connectivity index (χ2n) is 5.78. The van der Waals surface area contributed by atoms with Crippen LogP contribution in [0.1, 0.15) is 27.2 Å². The summed E-state index contributed by atoms with van der Waals surface area (Å²) in [5, 5.41) is 3.59. The summed E-state index contributed by atoms with van der Waals surface area (Å²) in [6, 6.07) is 0.151. The Morgan fingerprint density at radius 2 is 2.20 bits per heavy atom. The molecule has 1 aliphatic heterocycles. The molecule has 1 fully saturated rings. The number of nitrogens with one attached hydrogen (secondary N) is 1. The van der Waals surface area contributed by atoms with E-state index in [0.717, 1.165) is 6.42 Å². The number of halogens is 1. The van der Waals surface area contributed by atoms with Crippen LogP contribution in [0.3, 0.4) is 0 Å². The summed E-state index contributed by atoms with van der Waals surface area (Å²) in [5.41, 5.74) is -0.468. The van der Waals surface area contributed by atoms with Crippen LogP contribution >= 0.6 is 11.6 Å². The zero-order valence-corrected chi connectivity index (χ0v) is 12.6. The summed E-state index contributed by atoms with van der Waals surface area (Å²) in [4.78, 5) is 21.7. The second kappa shape index (κ2) is 5.83. The van der Waals surface area contributed by atoms with Gasteiger partial charge >= 0.3 is 6.09 Å². The van der Waals surface area contributed by atoms with E-state index in [4.69, 9.17) is 16.3 Å². The Bertz CT molecular complexity index is 472. The number of carbonyl (C=O) groups is 1. The number of rotatable bonds is 2. The molecular weight excluding hydrogens is 280 g/mol. The van der Waals surface area contributed by atoms with Crippen molar-refractivity contribution >= 4 is 23.5 Å². The summed E-state index contributed by atoms with van der Waals surface area (Å²) in [6.07, 6.45) is 3.65. The monoisotopic (exact) mass is 298 g/mol. The van der Waals surface area contributed by atoms with Crippen molar-refractivity contribution in [2.75, 3.05) is 18.4 Å². The van der Waals surface area contributed by atoms with E-state index in [-0.39, 0.29) is 12.1 Å². The van der Waals surface area contributed by atoms with Crippen molar-refractivity contribution in [1.29, 1.82) is 0 Å². The van der Waals surface area contributed by atoms with Gasteiger partial charge in [0.2, 0.25) is 0 Å². The van der Waals surface area contributed by atoms with Crippen LogP contribution in [0.4, 0.5) is 10.6 Å². The van der Waals surface area contributed by atoms with Crippen molar-refractivity contribution in [3.8, 4) is 0 Å². The number of likely N-dealkylation sites (tertiary alicyclic amines) is 1. The van der Waals surface area contributed by atoms with Crippen LogP contribution in [0.25, 0.3) is 0 Å². The van der Waals surface area contributed by atoms with Crippen molar-refractivity contribution in [3.63, 3.8) is 0 Å². The number of anilines is 1. The lowest BCUT2D eigenvalue weighted by Crippen LogP contribution is -2.36. The molecule has 2 heterocycles. The Balaban J connectivity index is 1.86. The highest BCUT2D eigenvalue weighted by atomic mass is 35.5. The maximum atomic E-state index is 11.9. The molecule has 110 valence electrons. The molecule has 6 nitrogen and oxygen atoms in total. The Labute approximate surface area is 123 Å². The first-order chi connectivity index (χ1) is 9.33. The molecule has 0 saturated carbocycles. The fraction of sp³-hybridized carbons (Fsp3) is 0.615. The van der Waals surface area contributed by atoms with E-state index < -0.39 is 5.60 Å². The van der Waals surface area contributed by atoms with Crippen molar-refractivity contribution in [2.24, 2.45) is 0 Å². The molecule has 1 amide bonds. The quantitative estimate of drug-likeness (QED) is 0.909. The third kappa shape index (κ3) is 4.23. The Morgan fingerprint density at radius 1 is 1.45 bits per heavy atom. The molecule has 0 radical (unpaired) electrons. The van der Waals surface area contributed by atoms with Gasteiger partial charge in [-0.05, 0) is 27.2 Å². The first-order valence-corrected chi connectivity index (χ1v) is 6.93. The molecule has 1 aliphatic rings. The minimum absolute atomic E-state index is 0.151. The molecule has 2 rings (SSSR count). The smallest absolute Gasteiger partial charge is 0.410 e. The van der Waals surface area contributed by atoms with Crippen LogP contribution < -0.4 is 5.32 Å². The minimum atomic E-state index is -0.468. The van der Waals surface area contributed by atoms with E-state index in [0.29, 0.717) is 24.1 Å². The van der Waals surface area contributed by atoms with Crippen molar-refractivity contribution in [2.45, 2.75) is 38.8 Å². The lowest BCUT2D eigenvalue weighted by atomic mass is 10.2. The van der Waals surface area contributed by atoms with Crippen molar-refractivity contribution in [3.05, 3.63) is 17.5 Å². The number of ether oxygens (including phenoxy) is 1. The topological polar surface area (TPSA) is 67.3 Å². The van der Waals surface area contributed by atoms with Crippen LogP contribution in [0.5, 0.6) is 0 Å². The molecule has 20 heavy (non-hydrogen) atoms. The summed E-state index contributed by atoms with van der Waals surface area (Å²) >= 11 is 5.68.